The highest BCUT2D eigenvalue weighted by molar-refractivity contribution is 5.15. The summed E-state index contributed by atoms with van der Waals surface area (Å²) in [6, 6.07) is 13.5. The van der Waals surface area contributed by atoms with Crippen LogP contribution in [-0.2, 0) is 6.54 Å². The van der Waals surface area contributed by atoms with Crippen LogP contribution in [0.25, 0.3) is 0 Å². The third-order valence-electron chi connectivity index (χ3n) is 3.67. The summed E-state index contributed by atoms with van der Waals surface area (Å²) in [7, 11) is 0. The zero-order chi connectivity index (χ0) is 12.1. The highest BCUT2D eigenvalue weighted by atomic mass is 15.2. The molecule has 1 heterocycles. The van der Waals surface area contributed by atoms with Crippen molar-refractivity contribution in [1.29, 1.82) is 5.26 Å². The van der Waals surface area contributed by atoms with Crippen LogP contribution in [0.5, 0.6) is 0 Å². The SMILES string of the molecule is CC1CCCCC(C#N)N1Cc1ccccc1. The molecule has 1 saturated heterocycles. The molecule has 1 aliphatic rings. The van der Waals surface area contributed by atoms with Gasteiger partial charge >= 0.3 is 0 Å². The summed E-state index contributed by atoms with van der Waals surface area (Å²) in [6.07, 6.45) is 4.68. The fourth-order valence-electron chi connectivity index (χ4n) is 2.62. The molecule has 2 atom stereocenters. The van der Waals surface area contributed by atoms with Gasteiger partial charge in [0, 0.05) is 12.6 Å². The molecule has 1 aromatic rings. The summed E-state index contributed by atoms with van der Waals surface area (Å²) in [5.41, 5.74) is 1.31. The van der Waals surface area contributed by atoms with Crippen LogP contribution < -0.4 is 0 Å². The Morgan fingerprint density at radius 3 is 2.65 bits per heavy atom. The first-order valence-electron chi connectivity index (χ1n) is 6.50. The van der Waals surface area contributed by atoms with Gasteiger partial charge in [0.15, 0.2) is 0 Å². The number of nitriles is 1. The monoisotopic (exact) mass is 228 g/mol. The lowest BCUT2D eigenvalue weighted by molar-refractivity contribution is 0.167. The molecule has 0 N–H and O–H groups in total. The van der Waals surface area contributed by atoms with Gasteiger partial charge in [-0.3, -0.25) is 4.90 Å². The Bertz CT molecular complexity index is 380. The third kappa shape index (κ3) is 3.08. The Kier molecular flexibility index (Phi) is 4.17. The summed E-state index contributed by atoms with van der Waals surface area (Å²) in [5.74, 6) is 0. The predicted molar refractivity (Wildman–Crippen MR) is 69.3 cm³/mol. The number of nitrogens with zero attached hydrogens (tertiary/aromatic N) is 2. The van der Waals surface area contributed by atoms with Crippen molar-refractivity contribution >= 4 is 0 Å². The Balaban J connectivity index is 2.12. The maximum absolute atomic E-state index is 9.29. The van der Waals surface area contributed by atoms with Crippen molar-refractivity contribution < 1.29 is 0 Å². The van der Waals surface area contributed by atoms with Crippen LogP contribution in [-0.4, -0.2) is 17.0 Å². The van der Waals surface area contributed by atoms with Gasteiger partial charge in [0.25, 0.3) is 0 Å². The van der Waals surface area contributed by atoms with Gasteiger partial charge in [0.05, 0.1) is 12.1 Å². The quantitative estimate of drug-likeness (QED) is 0.776. The van der Waals surface area contributed by atoms with Crippen molar-refractivity contribution in [3.63, 3.8) is 0 Å². The molecule has 0 amide bonds. The average Bonchev–Trinajstić information content (AvgIpc) is 2.54. The van der Waals surface area contributed by atoms with Crippen molar-refractivity contribution in [1.82, 2.24) is 4.90 Å². The van der Waals surface area contributed by atoms with Crippen LogP contribution in [0.4, 0.5) is 0 Å². The van der Waals surface area contributed by atoms with E-state index >= 15 is 0 Å². The van der Waals surface area contributed by atoms with Crippen LogP contribution in [0, 0.1) is 11.3 Å². The third-order valence-corrected chi connectivity index (χ3v) is 3.67. The van der Waals surface area contributed by atoms with E-state index in [0.717, 1.165) is 13.0 Å². The number of hydrogen-bond donors (Lipinski definition) is 0. The molecule has 2 nitrogen and oxygen atoms in total. The van der Waals surface area contributed by atoms with Crippen molar-refractivity contribution in [2.24, 2.45) is 0 Å². The molecule has 0 aromatic heterocycles. The maximum Gasteiger partial charge on any atom is 0.0983 e. The van der Waals surface area contributed by atoms with E-state index in [2.05, 4.69) is 42.2 Å². The first kappa shape index (κ1) is 12.1. The largest absolute Gasteiger partial charge is 0.281 e. The Morgan fingerprint density at radius 2 is 1.94 bits per heavy atom. The fourth-order valence-corrected chi connectivity index (χ4v) is 2.62. The molecule has 1 fully saturated rings. The fraction of sp³-hybridized carbons (Fsp3) is 0.533. The zero-order valence-corrected chi connectivity index (χ0v) is 10.5. The first-order chi connectivity index (χ1) is 8.31. The van der Waals surface area contributed by atoms with Crippen LogP contribution in [0.15, 0.2) is 30.3 Å². The van der Waals surface area contributed by atoms with Crippen molar-refractivity contribution in [2.75, 3.05) is 0 Å². The lowest BCUT2D eigenvalue weighted by Crippen LogP contribution is -2.39. The topological polar surface area (TPSA) is 27.0 Å². The molecule has 0 bridgehead atoms. The lowest BCUT2D eigenvalue weighted by atomic mass is 10.1. The Labute approximate surface area is 104 Å². The molecular formula is C15H20N2. The van der Waals surface area contributed by atoms with E-state index in [0.29, 0.717) is 6.04 Å². The van der Waals surface area contributed by atoms with Crippen LogP contribution in [0.3, 0.4) is 0 Å². The number of likely N-dealkylation sites (tertiary alicyclic amines) is 1. The van der Waals surface area contributed by atoms with Crippen LogP contribution in [0.2, 0.25) is 0 Å². The Hall–Kier alpha value is -1.33. The Morgan fingerprint density at radius 1 is 1.24 bits per heavy atom. The second kappa shape index (κ2) is 5.84. The zero-order valence-electron chi connectivity index (χ0n) is 10.5. The maximum atomic E-state index is 9.29. The lowest BCUT2D eigenvalue weighted by Gasteiger charge is -2.30. The predicted octanol–water partition coefficient (Wildman–Crippen LogP) is 3.34. The van der Waals surface area contributed by atoms with Crippen molar-refractivity contribution in [2.45, 2.75) is 51.2 Å². The highest BCUT2D eigenvalue weighted by Crippen LogP contribution is 2.23. The molecule has 0 radical (unpaired) electrons. The van der Waals surface area contributed by atoms with E-state index in [4.69, 9.17) is 0 Å². The number of rotatable bonds is 2. The van der Waals surface area contributed by atoms with Gasteiger partial charge in [-0.15, -0.1) is 0 Å². The minimum Gasteiger partial charge on any atom is -0.281 e. The smallest absolute Gasteiger partial charge is 0.0983 e. The van der Waals surface area contributed by atoms with Crippen molar-refractivity contribution in [3.8, 4) is 6.07 Å². The second-order valence-electron chi connectivity index (χ2n) is 4.94. The molecule has 17 heavy (non-hydrogen) atoms. The van der Waals surface area contributed by atoms with Crippen LogP contribution >= 0.6 is 0 Å². The summed E-state index contributed by atoms with van der Waals surface area (Å²) < 4.78 is 0. The van der Waals surface area contributed by atoms with E-state index in [9.17, 15) is 5.26 Å². The van der Waals surface area contributed by atoms with E-state index in [-0.39, 0.29) is 6.04 Å². The van der Waals surface area contributed by atoms with Gasteiger partial charge in [-0.2, -0.15) is 5.26 Å². The molecule has 0 spiro atoms. The minimum atomic E-state index is 0.0905. The van der Waals surface area contributed by atoms with Gasteiger partial charge in [-0.25, -0.2) is 0 Å². The minimum absolute atomic E-state index is 0.0905. The molecule has 2 unspecified atom stereocenters. The normalized spacial score (nSPS) is 26.1. The molecule has 0 aliphatic carbocycles. The summed E-state index contributed by atoms with van der Waals surface area (Å²) >= 11 is 0. The van der Waals surface area contributed by atoms with Gasteiger partial charge in [-0.1, -0.05) is 43.2 Å². The first-order valence-corrected chi connectivity index (χ1v) is 6.50. The van der Waals surface area contributed by atoms with E-state index in [1.54, 1.807) is 0 Å². The standard InChI is InChI=1S/C15H20N2/c1-13-7-5-6-10-15(11-16)17(13)12-14-8-3-2-4-9-14/h2-4,8-9,13,15H,5-7,10,12H2,1H3. The summed E-state index contributed by atoms with van der Waals surface area (Å²) in [4.78, 5) is 2.36. The average molecular weight is 228 g/mol. The molecule has 1 aliphatic heterocycles. The van der Waals surface area contributed by atoms with Gasteiger partial charge in [-0.05, 0) is 25.3 Å². The van der Waals surface area contributed by atoms with E-state index in [1.807, 2.05) is 6.07 Å². The molecular weight excluding hydrogens is 208 g/mol. The molecule has 90 valence electrons. The summed E-state index contributed by atoms with van der Waals surface area (Å²) in [5, 5.41) is 9.29. The van der Waals surface area contributed by atoms with Gasteiger partial charge < -0.3 is 0 Å². The van der Waals surface area contributed by atoms with E-state index in [1.165, 1.54) is 24.8 Å². The second-order valence-corrected chi connectivity index (χ2v) is 4.94. The molecule has 2 heteroatoms. The number of hydrogen-bond acceptors (Lipinski definition) is 2. The van der Waals surface area contributed by atoms with Crippen molar-refractivity contribution in [3.05, 3.63) is 35.9 Å². The highest BCUT2D eigenvalue weighted by Gasteiger charge is 2.25. The molecule has 2 rings (SSSR count). The number of benzene rings is 1. The van der Waals surface area contributed by atoms with Gasteiger partial charge in [0.2, 0.25) is 0 Å². The van der Waals surface area contributed by atoms with E-state index < -0.39 is 0 Å². The molecule has 1 aromatic carbocycles. The summed E-state index contributed by atoms with van der Waals surface area (Å²) in [6.45, 7) is 3.15. The molecule has 0 saturated carbocycles. The van der Waals surface area contributed by atoms with Gasteiger partial charge in [0.1, 0.15) is 0 Å². The van der Waals surface area contributed by atoms with Crippen LogP contribution in [0.1, 0.15) is 38.2 Å².